The molecule has 0 fully saturated rings. The maximum Gasteiger partial charge on any atom is 1.00 e. The van der Waals surface area contributed by atoms with Gasteiger partial charge in [0.2, 0.25) is 19.7 Å². The van der Waals surface area contributed by atoms with Crippen LogP contribution in [0.3, 0.4) is 0 Å². The average molecular weight is 963 g/mol. The molecular weight excluding hydrogens is 924 g/mol. The van der Waals surface area contributed by atoms with Crippen LogP contribution in [0, 0.1) is 13.8 Å². The van der Waals surface area contributed by atoms with Crippen molar-refractivity contribution in [2.24, 2.45) is 0 Å². The molecule has 0 saturated carbocycles. The molecule has 0 amide bonds. The zero-order valence-electron chi connectivity index (χ0n) is 36.0. The van der Waals surface area contributed by atoms with Crippen LogP contribution < -0.4 is 70.3 Å². The second-order valence-electron chi connectivity index (χ2n) is 14.9. The van der Waals surface area contributed by atoms with E-state index in [2.05, 4.69) is 0 Å². The van der Waals surface area contributed by atoms with Crippen molar-refractivity contribution in [3.63, 3.8) is 0 Å². The van der Waals surface area contributed by atoms with Gasteiger partial charge in [0.25, 0.3) is 0 Å². The Labute approximate surface area is 426 Å². The molecule has 0 aliphatic rings. The molecule has 0 bridgehead atoms. The Morgan fingerprint density at radius 2 is 0.682 bits per heavy atom. The van der Waals surface area contributed by atoms with Gasteiger partial charge in [-0.15, -0.1) is 0 Å². The smallest absolute Gasteiger partial charge is 0.744 e. The summed E-state index contributed by atoms with van der Waals surface area (Å²) in [5.41, 5.74) is 5.27. The van der Waals surface area contributed by atoms with Crippen LogP contribution in [0.2, 0.25) is 0 Å². The molecule has 0 aliphatic heterocycles. The molecular formula is C51H39KO11S3. The van der Waals surface area contributed by atoms with Crippen LogP contribution in [-0.2, 0) is 29.8 Å². The van der Waals surface area contributed by atoms with Crippen molar-refractivity contribution >= 4 is 29.8 Å². The van der Waals surface area contributed by atoms with Crippen molar-refractivity contribution in [3.8, 4) is 62.5 Å². The van der Waals surface area contributed by atoms with Crippen molar-refractivity contribution in [2.45, 2.75) is 38.3 Å². The summed E-state index contributed by atoms with van der Waals surface area (Å²) in [7, 11) is -11.5. The molecule has 328 valence electrons. The second kappa shape index (κ2) is 20.1. The van der Waals surface area contributed by atoms with Crippen LogP contribution in [0.15, 0.2) is 206 Å². The molecule has 0 aromatic heterocycles. The van der Waals surface area contributed by atoms with Crippen molar-refractivity contribution in [3.05, 3.63) is 193 Å². The predicted octanol–water partition coefficient (Wildman–Crippen LogP) is 8.60. The van der Waals surface area contributed by atoms with Crippen LogP contribution >= 0.6 is 0 Å². The fourth-order valence-corrected chi connectivity index (χ4v) is 10.1. The van der Waals surface area contributed by atoms with Gasteiger partial charge in [0.05, 0.1) is 31.6 Å². The maximum absolute atomic E-state index is 13.5. The quantitative estimate of drug-likeness (QED) is 0.0758. The average Bonchev–Trinajstić information content (AvgIpc) is 3.31. The van der Waals surface area contributed by atoms with E-state index in [0.29, 0.717) is 23.0 Å². The number of rotatable bonds is 14. The third-order valence-corrected chi connectivity index (χ3v) is 15.0. The molecule has 0 spiro atoms. The summed E-state index contributed by atoms with van der Waals surface area (Å²) in [6.07, 6.45) is 0. The molecule has 15 heteroatoms. The normalized spacial score (nSPS) is 11.6. The Balaban J connectivity index is 0.00000648. The molecule has 66 heavy (non-hydrogen) atoms. The predicted molar refractivity (Wildman–Crippen MR) is 245 cm³/mol. The molecule has 0 heterocycles. The minimum atomic E-state index is -5.13. The third kappa shape index (κ3) is 11.0. The zero-order chi connectivity index (χ0) is 45.9. The Hall–Kier alpha value is -5.59. The van der Waals surface area contributed by atoms with E-state index in [1.807, 2.05) is 67.6 Å². The van der Waals surface area contributed by atoms with Crippen molar-refractivity contribution < 1.29 is 100 Å². The second-order valence-corrected chi connectivity index (χ2v) is 20.1. The summed E-state index contributed by atoms with van der Waals surface area (Å²) in [6, 6.07) is 49.2. The van der Waals surface area contributed by atoms with Gasteiger partial charge >= 0.3 is 51.4 Å². The van der Waals surface area contributed by atoms with Crippen LogP contribution in [0.1, 0.15) is 11.1 Å². The first-order valence-electron chi connectivity index (χ1n) is 19.9. The zero-order valence-corrected chi connectivity index (χ0v) is 41.6. The number of hydrogen-bond acceptors (Lipinski definition) is 11. The monoisotopic (exact) mass is 962 g/mol. The molecule has 8 rings (SSSR count). The van der Waals surface area contributed by atoms with E-state index in [0.717, 1.165) is 51.3 Å². The molecule has 0 saturated heterocycles. The van der Waals surface area contributed by atoms with E-state index in [9.17, 15) is 29.8 Å². The summed E-state index contributed by atoms with van der Waals surface area (Å²) in [5, 5.41) is 0. The number of aryl methyl sites for hydroxylation is 2. The third-order valence-electron chi connectivity index (χ3n) is 10.6. The Kier molecular flexibility index (Phi) is 14.7. The topological polar surface area (TPSA) is 162 Å². The van der Waals surface area contributed by atoms with E-state index in [-0.39, 0.29) is 82.5 Å². The summed E-state index contributed by atoms with van der Waals surface area (Å²) in [5.74, 6) is 2.70. The van der Waals surface area contributed by atoms with Crippen molar-refractivity contribution in [1.29, 1.82) is 0 Å². The van der Waals surface area contributed by atoms with E-state index in [4.69, 9.17) is 18.9 Å². The Morgan fingerprint density at radius 3 is 1.06 bits per heavy atom. The van der Waals surface area contributed by atoms with E-state index in [1.54, 1.807) is 80.8 Å². The van der Waals surface area contributed by atoms with E-state index < -0.39 is 34.7 Å². The van der Waals surface area contributed by atoms with Gasteiger partial charge in [0.1, 0.15) is 50.4 Å². The number of benzene rings is 8. The molecule has 8 aromatic rings. The molecule has 8 aromatic carbocycles. The summed E-state index contributed by atoms with van der Waals surface area (Å²) in [4.78, 5) is -0.985. The number of methoxy groups -OCH3 is 1. The molecule has 0 aliphatic carbocycles. The first-order chi connectivity index (χ1) is 31.1. The van der Waals surface area contributed by atoms with Gasteiger partial charge in [0, 0.05) is 0 Å². The number of hydrogen-bond donors (Lipinski definition) is 0. The van der Waals surface area contributed by atoms with Crippen molar-refractivity contribution in [1.82, 2.24) is 0 Å². The Bertz CT molecular complexity index is 3340. The standard InChI is InChI=1S/C51H40O11S3.K/c1-34-4-25-48(32-35(34)2)64(54,55)49-30-31-50(51(33-49)65(56,57)58)62-45-19-11-39(12-20-45)38-9-17-42(18-10-38)61-44-23-28-47(29-24-44)63(52,53)46-26-21-43(22-27-46)60-41-15-7-37(8-16-41)36-5-13-40(59-3)14-6-36;/h4-33H,1-3H3,(H,56,57,58);/q;+1/p-1. The summed E-state index contributed by atoms with van der Waals surface area (Å²) in [6.45, 7) is 3.60. The van der Waals surface area contributed by atoms with E-state index >= 15 is 0 Å². The number of ether oxygens (including phenoxy) is 4. The Morgan fingerprint density at radius 1 is 0.364 bits per heavy atom. The van der Waals surface area contributed by atoms with Gasteiger partial charge in [-0.3, -0.25) is 0 Å². The van der Waals surface area contributed by atoms with Gasteiger partial charge in [-0.05, 0) is 175 Å². The maximum atomic E-state index is 13.5. The van der Waals surface area contributed by atoms with Gasteiger partial charge in [-0.25, -0.2) is 25.3 Å². The van der Waals surface area contributed by atoms with E-state index in [1.165, 1.54) is 42.5 Å². The van der Waals surface area contributed by atoms with Crippen LogP contribution in [0.4, 0.5) is 0 Å². The fourth-order valence-electron chi connectivity index (χ4n) is 6.79. The van der Waals surface area contributed by atoms with Crippen LogP contribution in [0.5, 0.6) is 40.2 Å². The summed E-state index contributed by atoms with van der Waals surface area (Å²) < 4.78 is 113. The number of sulfone groups is 2. The van der Waals surface area contributed by atoms with Gasteiger partial charge in [0.15, 0.2) is 0 Å². The fraction of sp³-hybridized carbons (Fsp3) is 0.0588. The van der Waals surface area contributed by atoms with Gasteiger partial charge in [-0.2, -0.15) is 0 Å². The van der Waals surface area contributed by atoms with Crippen LogP contribution in [0.25, 0.3) is 22.3 Å². The largest absolute Gasteiger partial charge is 1.00 e. The van der Waals surface area contributed by atoms with Gasteiger partial charge in [-0.1, -0.05) is 54.6 Å². The van der Waals surface area contributed by atoms with Crippen LogP contribution in [-0.4, -0.2) is 36.9 Å². The summed E-state index contributed by atoms with van der Waals surface area (Å²) >= 11 is 0. The first kappa shape index (κ1) is 48.3. The minimum Gasteiger partial charge on any atom is -0.744 e. The molecule has 11 nitrogen and oxygen atoms in total. The SMILES string of the molecule is COc1ccc(-c2ccc(Oc3ccc(S(=O)(=O)c4ccc(Oc5ccc(-c6ccc(Oc7ccc(S(=O)(=O)c8ccc(C)c(C)c8)cc7S(=O)(=O)[O-])cc6)cc5)cc4)cc3)cc2)cc1.[K+]. The first-order valence-corrected chi connectivity index (χ1v) is 24.3. The molecule has 0 unspecified atom stereocenters. The molecule has 0 radical (unpaired) electrons. The van der Waals surface area contributed by atoms with Crippen molar-refractivity contribution in [2.75, 3.05) is 7.11 Å². The minimum absolute atomic E-state index is 0. The van der Waals surface area contributed by atoms with Gasteiger partial charge < -0.3 is 23.5 Å². The molecule has 0 atom stereocenters. The molecule has 0 N–H and O–H groups in total.